The Bertz CT molecular complexity index is 1300. The molecule has 11 heteroatoms. The summed E-state index contributed by atoms with van der Waals surface area (Å²) < 4.78 is 57.3. The van der Waals surface area contributed by atoms with E-state index in [1.165, 1.54) is 23.1 Å². The number of aromatic nitrogens is 1. The Kier molecular flexibility index (Phi) is 7.90. The van der Waals surface area contributed by atoms with Crippen molar-refractivity contribution in [2.75, 3.05) is 32.6 Å². The molecule has 2 N–H and O–H groups in total. The molecule has 0 fully saturated rings. The number of rotatable bonds is 4. The number of pyridine rings is 1. The van der Waals surface area contributed by atoms with Crippen LogP contribution in [0.3, 0.4) is 0 Å². The van der Waals surface area contributed by atoms with Crippen molar-refractivity contribution in [3.8, 4) is 0 Å². The molecule has 1 aliphatic rings. The third-order valence-electron chi connectivity index (χ3n) is 5.41. The smallest absolute Gasteiger partial charge is 0.388 e. The number of methoxy groups -OCH3 is 1. The van der Waals surface area contributed by atoms with Crippen LogP contribution in [0.1, 0.15) is 27.2 Å². The van der Waals surface area contributed by atoms with Gasteiger partial charge in [-0.15, -0.1) is 0 Å². The van der Waals surface area contributed by atoms with Gasteiger partial charge in [-0.2, -0.15) is 13.2 Å². The number of anilines is 1. The monoisotopic (exact) mass is 493 g/mol. The van der Waals surface area contributed by atoms with Gasteiger partial charge in [0.1, 0.15) is 5.82 Å². The molecule has 0 atom stereocenters. The van der Waals surface area contributed by atoms with Gasteiger partial charge >= 0.3 is 6.18 Å². The maximum absolute atomic E-state index is 14.4. The number of aldehydes is 1. The number of ether oxygens (including phenoxy) is 1. The van der Waals surface area contributed by atoms with Crippen LogP contribution in [0, 0.1) is 5.82 Å². The van der Waals surface area contributed by atoms with Crippen molar-refractivity contribution < 1.29 is 31.9 Å². The van der Waals surface area contributed by atoms with Gasteiger partial charge in [-0.25, -0.2) is 4.39 Å². The number of nitrogens with one attached hydrogen (secondary N) is 2. The fourth-order valence-corrected chi connectivity index (χ4v) is 3.73. The maximum Gasteiger partial charge on any atom is 0.416 e. The van der Waals surface area contributed by atoms with E-state index < -0.39 is 23.1 Å². The molecule has 0 radical (unpaired) electrons. The molecule has 2 aromatic carbocycles. The van der Waals surface area contributed by atoms with Crippen molar-refractivity contribution in [3.63, 3.8) is 0 Å². The highest BCUT2D eigenvalue weighted by Crippen LogP contribution is 2.32. The molecule has 0 saturated carbocycles. The van der Waals surface area contributed by atoms with Gasteiger partial charge in [-0.05, 0) is 53.3 Å². The summed E-state index contributed by atoms with van der Waals surface area (Å²) in [5.41, 5.74) is -0.117. The molecule has 0 unspecified atom stereocenters. The van der Waals surface area contributed by atoms with Crippen molar-refractivity contribution in [1.29, 1.82) is 0 Å². The van der Waals surface area contributed by atoms with E-state index in [1.807, 2.05) is 0 Å². The first-order valence-corrected chi connectivity index (χ1v) is 10.5. The van der Waals surface area contributed by atoms with Gasteiger partial charge in [0.05, 0.1) is 28.9 Å². The fourth-order valence-electron chi connectivity index (χ4n) is 3.73. The third kappa shape index (κ3) is 6.04. The second kappa shape index (κ2) is 10.7. The molecule has 3 aromatic rings. The predicted molar refractivity (Wildman–Crippen MR) is 122 cm³/mol. The zero-order valence-corrected chi connectivity index (χ0v) is 19.0. The Morgan fingerprint density at radius 3 is 2.54 bits per heavy atom. The zero-order chi connectivity index (χ0) is 25.8. The number of hydrogen-bond acceptors (Lipinski definition) is 5. The van der Waals surface area contributed by atoms with Crippen LogP contribution in [0.25, 0.3) is 10.8 Å². The van der Waals surface area contributed by atoms with E-state index in [0.717, 1.165) is 18.2 Å². The Morgan fingerprint density at radius 2 is 1.89 bits per heavy atom. The number of nitrogens with zero attached hydrogens (tertiary/aromatic N) is 1. The standard InChI is InChI=1S/C22H17F4N3O3.C2H6O/c23-18-8-17-14(6-16(11-30)28-21(17)32)7-19(18)27-9-20(31)29-4-3-12-5-15(22(24,25)26)2-1-13(12)10-29;1-3-2/h1-2,5-8,11,27H,3-4,9-10H2,(H,28,32);1-2H3. The highest BCUT2D eigenvalue weighted by molar-refractivity contribution is 5.90. The number of H-pyrrole nitrogens is 1. The van der Waals surface area contributed by atoms with E-state index in [0.29, 0.717) is 22.8 Å². The van der Waals surface area contributed by atoms with Gasteiger partial charge in [0.2, 0.25) is 5.91 Å². The van der Waals surface area contributed by atoms with Crippen molar-refractivity contribution in [2.24, 2.45) is 0 Å². The normalized spacial score (nSPS) is 13.0. The zero-order valence-electron chi connectivity index (χ0n) is 19.0. The van der Waals surface area contributed by atoms with Gasteiger partial charge in [-0.3, -0.25) is 14.4 Å². The minimum atomic E-state index is -4.42. The minimum absolute atomic E-state index is 0.0134. The molecule has 35 heavy (non-hydrogen) atoms. The highest BCUT2D eigenvalue weighted by atomic mass is 19.4. The van der Waals surface area contributed by atoms with Crippen LogP contribution in [0.2, 0.25) is 0 Å². The molecule has 2 heterocycles. The average Bonchev–Trinajstić information content (AvgIpc) is 2.82. The Morgan fingerprint density at radius 1 is 1.17 bits per heavy atom. The summed E-state index contributed by atoms with van der Waals surface area (Å²) in [6, 6.07) is 7.22. The van der Waals surface area contributed by atoms with E-state index in [1.54, 1.807) is 14.2 Å². The van der Waals surface area contributed by atoms with Crippen LogP contribution < -0.4 is 10.9 Å². The van der Waals surface area contributed by atoms with Crippen LogP contribution in [0.4, 0.5) is 23.2 Å². The largest absolute Gasteiger partial charge is 0.416 e. The lowest BCUT2D eigenvalue weighted by Crippen LogP contribution is -2.39. The lowest BCUT2D eigenvalue weighted by Gasteiger charge is -2.29. The predicted octanol–water partition coefficient (Wildman–Crippen LogP) is 3.76. The number of alkyl halides is 3. The van der Waals surface area contributed by atoms with E-state index in [2.05, 4.69) is 15.0 Å². The number of fused-ring (bicyclic) bond motifs is 2. The topological polar surface area (TPSA) is 91.5 Å². The first-order valence-electron chi connectivity index (χ1n) is 10.5. The molecule has 1 amide bonds. The van der Waals surface area contributed by atoms with Gasteiger partial charge in [-0.1, -0.05) is 6.07 Å². The molecule has 7 nitrogen and oxygen atoms in total. The molecule has 186 valence electrons. The fraction of sp³-hybridized carbons (Fsp3) is 0.292. The quantitative estimate of drug-likeness (QED) is 0.427. The lowest BCUT2D eigenvalue weighted by atomic mass is 9.97. The van der Waals surface area contributed by atoms with Crippen molar-refractivity contribution in [1.82, 2.24) is 9.88 Å². The number of amides is 1. The van der Waals surface area contributed by atoms with Gasteiger partial charge in [0, 0.05) is 27.3 Å². The summed E-state index contributed by atoms with van der Waals surface area (Å²) in [4.78, 5) is 39.3. The second-order valence-electron chi connectivity index (χ2n) is 7.90. The second-order valence-corrected chi connectivity index (χ2v) is 7.90. The van der Waals surface area contributed by atoms with Crippen LogP contribution in [0.15, 0.2) is 41.2 Å². The van der Waals surface area contributed by atoms with Gasteiger partial charge < -0.3 is 19.9 Å². The van der Waals surface area contributed by atoms with Crippen molar-refractivity contribution in [2.45, 2.75) is 19.1 Å². The van der Waals surface area contributed by atoms with E-state index in [9.17, 15) is 31.9 Å². The Hall–Kier alpha value is -3.73. The Labute approximate surface area is 197 Å². The molecule has 0 spiro atoms. The molecule has 0 bridgehead atoms. The number of carbonyl (C=O) groups excluding carboxylic acids is 2. The number of hydrogen-bond donors (Lipinski definition) is 2. The number of benzene rings is 2. The van der Waals surface area contributed by atoms with Gasteiger partial charge in [0.25, 0.3) is 5.56 Å². The summed E-state index contributed by atoms with van der Waals surface area (Å²) in [5, 5.41) is 3.10. The molecule has 1 aromatic heterocycles. The number of aromatic amines is 1. The molecule has 0 saturated heterocycles. The number of halogens is 4. The SMILES string of the molecule is COC.O=Cc1cc2cc(NCC(=O)N3CCc4cc(C(F)(F)F)ccc4C3)c(F)cc2c(=O)[nH]1. The third-order valence-corrected chi connectivity index (χ3v) is 5.41. The Balaban J connectivity index is 0.00000108. The summed E-state index contributed by atoms with van der Waals surface area (Å²) in [6.45, 7) is 0.154. The van der Waals surface area contributed by atoms with Crippen LogP contribution >= 0.6 is 0 Å². The summed E-state index contributed by atoms with van der Waals surface area (Å²) in [5.74, 6) is -1.09. The van der Waals surface area contributed by atoms with Crippen molar-refractivity contribution >= 4 is 28.7 Å². The summed E-state index contributed by atoms with van der Waals surface area (Å²) >= 11 is 0. The molecule has 1 aliphatic heterocycles. The lowest BCUT2D eigenvalue weighted by molar-refractivity contribution is -0.137. The first kappa shape index (κ1) is 25.9. The van der Waals surface area contributed by atoms with Crippen molar-refractivity contribution in [3.05, 3.63) is 75.0 Å². The molecule has 4 rings (SSSR count). The van der Waals surface area contributed by atoms with Crippen LogP contribution in [0.5, 0.6) is 0 Å². The van der Waals surface area contributed by atoms with Crippen LogP contribution in [-0.2, 0) is 28.7 Å². The molecular formula is C24H23F4N3O4. The summed E-state index contributed by atoms with van der Waals surface area (Å²) in [7, 11) is 3.25. The summed E-state index contributed by atoms with van der Waals surface area (Å²) in [6.07, 6.45) is -3.67. The first-order chi connectivity index (χ1) is 16.6. The molecular weight excluding hydrogens is 470 g/mol. The van der Waals surface area contributed by atoms with E-state index in [4.69, 9.17) is 0 Å². The van der Waals surface area contributed by atoms with E-state index >= 15 is 0 Å². The van der Waals surface area contributed by atoms with E-state index in [-0.39, 0.29) is 48.7 Å². The highest BCUT2D eigenvalue weighted by Gasteiger charge is 2.32. The maximum atomic E-state index is 14.4. The van der Waals surface area contributed by atoms with Gasteiger partial charge in [0.15, 0.2) is 6.29 Å². The average molecular weight is 493 g/mol. The molecule has 0 aliphatic carbocycles. The van der Waals surface area contributed by atoms with Crippen LogP contribution in [-0.4, -0.2) is 49.4 Å². The number of carbonyl (C=O) groups is 2. The minimum Gasteiger partial charge on any atom is -0.388 e.